The Hall–Kier alpha value is -0.960. The van der Waals surface area contributed by atoms with Crippen LogP contribution in [-0.2, 0) is 0 Å². The number of rotatable bonds is 4. The minimum absolute atomic E-state index is 0.0728. The van der Waals surface area contributed by atoms with Gasteiger partial charge in [0.15, 0.2) is 0 Å². The van der Waals surface area contributed by atoms with Gasteiger partial charge in [-0.05, 0) is 49.9 Å². The summed E-state index contributed by atoms with van der Waals surface area (Å²) >= 11 is 0. The van der Waals surface area contributed by atoms with Crippen molar-refractivity contribution in [3.8, 4) is 0 Å². The van der Waals surface area contributed by atoms with Gasteiger partial charge in [0.25, 0.3) is 0 Å². The molecule has 0 saturated heterocycles. The molecule has 0 radical (unpaired) electrons. The van der Waals surface area contributed by atoms with E-state index in [9.17, 15) is 8.78 Å². The molecule has 0 heterocycles. The molecule has 2 rings (SSSR count). The standard InChI is InChI=1S/C15H21F2N/c1-3-15(8-4-5-9-15)14(18-2)12-10-11(16)6-7-13(12)17/h6-7,10,14,18H,3-5,8-9H2,1-2H3. The fourth-order valence-corrected chi connectivity index (χ4v) is 3.45. The molecule has 1 aromatic carbocycles. The summed E-state index contributed by atoms with van der Waals surface area (Å²) in [6, 6.07) is 3.65. The number of nitrogens with one attached hydrogen (secondary N) is 1. The molecular weight excluding hydrogens is 232 g/mol. The van der Waals surface area contributed by atoms with E-state index in [0.29, 0.717) is 5.56 Å². The minimum Gasteiger partial charge on any atom is -0.312 e. The minimum atomic E-state index is -0.365. The van der Waals surface area contributed by atoms with Crippen molar-refractivity contribution in [2.75, 3.05) is 7.05 Å². The van der Waals surface area contributed by atoms with Crippen LogP contribution in [0.4, 0.5) is 8.78 Å². The molecule has 3 heteroatoms. The molecule has 1 fully saturated rings. The Bertz CT molecular complexity index is 411. The summed E-state index contributed by atoms with van der Waals surface area (Å²) in [5.41, 5.74) is 0.546. The van der Waals surface area contributed by atoms with Crippen LogP contribution in [0.3, 0.4) is 0 Å². The van der Waals surface area contributed by atoms with Crippen molar-refractivity contribution in [3.63, 3.8) is 0 Å². The quantitative estimate of drug-likeness (QED) is 0.848. The third-order valence-electron chi connectivity index (χ3n) is 4.47. The summed E-state index contributed by atoms with van der Waals surface area (Å²) in [7, 11) is 1.84. The SMILES string of the molecule is CCC1(C(NC)c2cc(F)ccc2F)CCCC1. The zero-order valence-electron chi connectivity index (χ0n) is 11.1. The lowest BCUT2D eigenvalue weighted by atomic mass is 9.73. The van der Waals surface area contributed by atoms with E-state index >= 15 is 0 Å². The maximum atomic E-state index is 14.0. The average Bonchev–Trinajstić information content (AvgIpc) is 2.84. The highest BCUT2D eigenvalue weighted by Gasteiger charge is 2.40. The second kappa shape index (κ2) is 5.35. The third kappa shape index (κ3) is 2.28. The first-order chi connectivity index (χ1) is 8.63. The van der Waals surface area contributed by atoms with Gasteiger partial charge in [-0.1, -0.05) is 19.8 Å². The Morgan fingerprint density at radius 3 is 2.50 bits per heavy atom. The molecular formula is C15H21F2N. The Morgan fingerprint density at radius 2 is 1.94 bits per heavy atom. The van der Waals surface area contributed by atoms with E-state index in [1.165, 1.54) is 31.0 Å². The van der Waals surface area contributed by atoms with Crippen LogP contribution in [0.25, 0.3) is 0 Å². The Morgan fingerprint density at radius 1 is 1.28 bits per heavy atom. The summed E-state index contributed by atoms with van der Waals surface area (Å²) in [6.07, 6.45) is 5.54. The van der Waals surface area contributed by atoms with Gasteiger partial charge in [-0.2, -0.15) is 0 Å². The average molecular weight is 253 g/mol. The normalized spacial score (nSPS) is 20.0. The maximum absolute atomic E-state index is 14.0. The van der Waals surface area contributed by atoms with E-state index in [4.69, 9.17) is 0 Å². The Balaban J connectivity index is 2.40. The molecule has 0 amide bonds. The Labute approximate surface area is 108 Å². The van der Waals surface area contributed by atoms with E-state index in [0.717, 1.165) is 19.3 Å². The topological polar surface area (TPSA) is 12.0 Å². The van der Waals surface area contributed by atoms with Gasteiger partial charge < -0.3 is 5.32 Å². The second-order valence-electron chi connectivity index (χ2n) is 5.31. The van der Waals surface area contributed by atoms with E-state index < -0.39 is 0 Å². The molecule has 0 bridgehead atoms. The molecule has 1 nitrogen and oxygen atoms in total. The number of hydrogen-bond acceptors (Lipinski definition) is 1. The molecule has 18 heavy (non-hydrogen) atoms. The van der Waals surface area contributed by atoms with Crippen molar-refractivity contribution in [1.29, 1.82) is 0 Å². The van der Waals surface area contributed by atoms with Crippen LogP contribution in [0.15, 0.2) is 18.2 Å². The molecule has 1 N–H and O–H groups in total. The summed E-state index contributed by atoms with van der Waals surface area (Å²) in [5.74, 6) is -0.675. The summed E-state index contributed by atoms with van der Waals surface area (Å²) in [5, 5.41) is 3.21. The fraction of sp³-hybridized carbons (Fsp3) is 0.600. The smallest absolute Gasteiger partial charge is 0.128 e. The zero-order valence-corrected chi connectivity index (χ0v) is 11.1. The molecule has 0 aromatic heterocycles. The molecule has 1 aromatic rings. The van der Waals surface area contributed by atoms with Crippen molar-refractivity contribution in [2.45, 2.75) is 45.1 Å². The first-order valence-corrected chi connectivity index (χ1v) is 6.75. The van der Waals surface area contributed by atoms with Crippen LogP contribution < -0.4 is 5.32 Å². The molecule has 1 atom stereocenters. The third-order valence-corrected chi connectivity index (χ3v) is 4.47. The second-order valence-corrected chi connectivity index (χ2v) is 5.31. The molecule has 1 aliphatic carbocycles. The molecule has 1 unspecified atom stereocenters. The van der Waals surface area contributed by atoms with E-state index in [1.54, 1.807) is 0 Å². The fourth-order valence-electron chi connectivity index (χ4n) is 3.45. The van der Waals surface area contributed by atoms with Gasteiger partial charge in [0.1, 0.15) is 11.6 Å². The van der Waals surface area contributed by atoms with Gasteiger partial charge in [0.2, 0.25) is 0 Å². The molecule has 1 saturated carbocycles. The highest BCUT2D eigenvalue weighted by atomic mass is 19.1. The van der Waals surface area contributed by atoms with E-state index in [1.807, 2.05) is 7.05 Å². The van der Waals surface area contributed by atoms with Gasteiger partial charge in [0, 0.05) is 11.6 Å². The molecule has 1 aliphatic rings. The van der Waals surface area contributed by atoms with Crippen LogP contribution in [0, 0.1) is 17.0 Å². The molecule has 100 valence electrons. The Kier molecular flexibility index (Phi) is 4.00. The molecule has 0 spiro atoms. The van der Waals surface area contributed by atoms with Crippen molar-refractivity contribution in [1.82, 2.24) is 5.32 Å². The predicted molar refractivity (Wildman–Crippen MR) is 69.4 cm³/mol. The van der Waals surface area contributed by atoms with Gasteiger partial charge >= 0.3 is 0 Å². The summed E-state index contributed by atoms with van der Waals surface area (Å²) in [4.78, 5) is 0. The highest BCUT2D eigenvalue weighted by Crippen LogP contribution is 2.50. The van der Waals surface area contributed by atoms with Crippen molar-refractivity contribution in [2.24, 2.45) is 5.41 Å². The van der Waals surface area contributed by atoms with E-state index in [2.05, 4.69) is 12.2 Å². The zero-order chi connectivity index (χ0) is 13.2. The van der Waals surface area contributed by atoms with Gasteiger partial charge in [0.05, 0.1) is 0 Å². The van der Waals surface area contributed by atoms with Crippen LogP contribution in [0.1, 0.15) is 50.6 Å². The van der Waals surface area contributed by atoms with Crippen molar-refractivity contribution < 1.29 is 8.78 Å². The number of hydrogen-bond donors (Lipinski definition) is 1. The van der Waals surface area contributed by atoms with Gasteiger partial charge in [-0.15, -0.1) is 0 Å². The van der Waals surface area contributed by atoms with Crippen molar-refractivity contribution >= 4 is 0 Å². The van der Waals surface area contributed by atoms with E-state index in [-0.39, 0.29) is 23.1 Å². The molecule has 0 aliphatic heterocycles. The monoisotopic (exact) mass is 253 g/mol. The summed E-state index contributed by atoms with van der Waals surface area (Å²) in [6.45, 7) is 2.15. The number of benzene rings is 1. The van der Waals surface area contributed by atoms with Crippen LogP contribution in [0.2, 0.25) is 0 Å². The predicted octanol–water partition coefficient (Wildman–Crippen LogP) is 4.20. The first kappa shape index (κ1) is 13.5. The van der Waals surface area contributed by atoms with Gasteiger partial charge in [-0.3, -0.25) is 0 Å². The maximum Gasteiger partial charge on any atom is 0.128 e. The summed E-state index contributed by atoms with van der Waals surface area (Å²) < 4.78 is 27.3. The lowest BCUT2D eigenvalue weighted by Gasteiger charge is -2.37. The largest absolute Gasteiger partial charge is 0.312 e. The lowest BCUT2D eigenvalue weighted by Crippen LogP contribution is -2.35. The first-order valence-electron chi connectivity index (χ1n) is 6.75. The van der Waals surface area contributed by atoms with Gasteiger partial charge in [-0.25, -0.2) is 8.78 Å². The van der Waals surface area contributed by atoms with Crippen LogP contribution >= 0.6 is 0 Å². The van der Waals surface area contributed by atoms with Crippen LogP contribution in [0.5, 0.6) is 0 Å². The lowest BCUT2D eigenvalue weighted by molar-refractivity contribution is 0.191. The highest BCUT2D eigenvalue weighted by molar-refractivity contribution is 5.25. The van der Waals surface area contributed by atoms with Crippen molar-refractivity contribution in [3.05, 3.63) is 35.4 Å². The number of halogens is 2. The van der Waals surface area contributed by atoms with Crippen LogP contribution in [-0.4, -0.2) is 7.05 Å².